The van der Waals surface area contributed by atoms with Crippen molar-refractivity contribution >= 4 is 39.3 Å². The summed E-state index contributed by atoms with van der Waals surface area (Å²) >= 11 is 1.43. The van der Waals surface area contributed by atoms with Crippen LogP contribution in [0.15, 0.2) is 66.9 Å². The van der Waals surface area contributed by atoms with Crippen LogP contribution < -0.4 is 15.3 Å². The minimum Gasteiger partial charge on any atom is -0.347 e. The summed E-state index contributed by atoms with van der Waals surface area (Å²) in [6, 6.07) is 21.3. The molecule has 0 saturated carbocycles. The Morgan fingerprint density at radius 3 is 2.08 bits per heavy atom. The molecule has 0 aromatic heterocycles. The van der Waals surface area contributed by atoms with E-state index in [9.17, 15) is 10.1 Å². The SMILES string of the molecule is CC(=O)SCCCCCCCCCCN1C=C/C(=C/C(C#N)=c2ccc(=C(C#N)C#N)cc2)c2ccccc21. The van der Waals surface area contributed by atoms with Crippen molar-refractivity contribution < 1.29 is 4.79 Å². The second-order valence-corrected chi connectivity index (χ2v) is 10.8. The zero-order valence-electron chi connectivity index (χ0n) is 22.5. The van der Waals surface area contributed by atoms with Gasteiger partial charge in [0, 0.05) is 41.9 Å². The summed E-state index contributed by atoms with van der Waals surface area (Å²) < 4.78 is 0. The summed E-state index contributed by atoms with van der Waals surface area (Å²) in [5.74, 6) is 0.951. The quantitative estimate of drug-likeness (QED) is 0.294. The molecule has 0 N–H and O–H groups in total. The topological polar surface area (TPSA) is 91.7 Å². The molecule has 0 amide bonds. The van der Waals surface area contributed by atoms with E-state index in [1.807, 2.05) is 30.3 Å². The van der Waals surface area contributed by atoms with Gasteiger partial charge in [0.15, 0.2) is 5.12 Å². The maximum atomic E-state index is 11.0. The van der Waals surface area contributed by atoms with Crippen LogP contribution >= 0.6 is 11.8 Å². The number of unbranched alkanes of at least 4 members (excludes halogenated alkanes) is 7. The van der Waals surface area contributed by atoms with Crippen LogP contribution in [0.4, 0.5) is 5.69 Å². The predicted molar refractivity (Wildman–Crippen MR) is 160 cm³/mol. The fraction of sp³-hybridized carbons (Fsp3) is 0.333. The van der Waals surface area contributed by atoms with E-state index in [0.29, 0.717) is 10.8 Å². The molecule has 1 aliphatic rings. The zero-order valence-corrected chi connectivity index (χ0v) is 23.3. The Kier molecular flexibility index (Phi) is 12.1. The second kappa shape index (κ2) is 16.0. The first-order valence-corrected chi connectivity index (χ1v) is 14.5. The number of rotatable bonds is 12. The van der Waals surface area contributed by atoms with Crippen LogP contribution in [-0.4, -0.2) is 17.4 Å². The highest BCUT2D eigenvalue weighted by atomic mass is 32.2. The number of fused-ring (bicyclic) bond motifs is 1. The van der Waals surface area contributed by atoms with Crippen molar-refractivity contribution in [3.05, 3.63) is 82.9 Å². The highest BCUT2D eigenvalue weighted by molar-refractivity contribution is 8.13. The van der Waals surface area contributed by atoms with E-state index in [4.69, 9.17) is 10.5 Å². The Morgan fingerprint density at radius 2 is 1.44 bits per heavy atom. The van der Waals surface area contributed by atoms with Crippen LogP contribution in [0, 0.1) is 34.0 Å². The zero-order chi connectivity index (χ0) is 27.9. The molecule has 3 rings (SSSR count). The summed E-state index contributed by atoms with van der Waals surface area (Å²) in [4.78, 5) is 13.2. The van der Waals surface area contributed by atoms with Crippen molar-refractivity contribution in [1.82, 2.24) is 0 Å². The van der Waals surface area contributed by atoms with Crippen LogP contribution in [-0.2, 0) is 4.79 Å². The molecular weight excluding hydrogens is 500 g/mol. The number of nitriles is 3. The van der Waals surface area contributed by atoms with Gasteiger partial charge in [0.1, 0.15) is 17.7 Å². The van der Waals surface area contributed by atoms with Gasteiger partial charge in [-0.3, -0.25) is 4.79 Å². The third-order valence-electron chi connectivity index (χ3n) is 6.69. The lowest BCUT2D eigenvalue weighted by Crippen LogP contribution is -2.21. The van der Waals surface area contributed by atoms with E-state index < -0.39 is 0 Å². The average molecular weight is 535 g/mol. The van der Waals surface area contributed by atoms with E-state index in [1.54, 1.807) is 31.2 Å². The minimum atomic E-state index is 0.0550. The number of hydrogen-bond donors (Lipinski definition) is 0. The van der Waals surface area contributed by atoms with Crippen LogP contribution in [0.5, 0.6) is 0 Å². The van der Waals surface area contributed by atoms with Gasteiger partial charge in [-0.25, -0.2) is 0 Å². The molecule has 0 unspecified atom stereocenters. The monoisotopic (exact) mass is 534 g/mol. The molecule has 39 heavy (non-hydrogen) atoms. The van der Waals surface area contributed by atoms with Crippen molar-refractivity contribution in [3.8, 4) is 18.2 Å². The first-order valence-electron chi connectivity index (χ1n) is 13.5. The number of para-hydroxylation sites is 1. The molecule has 198 valence electrons. The molecule has 6 heteroatoms. The van der Waals surface area contributed by atoms with Gasteiger partial charge in [0.05, 0.1) is 11.6 Å². The number of nitrogens with zero attached hydrogens (tertiary/aromatic N) is 4. The van der Waals surface area contributed by atoms with Gasteiger partial charge in [-0.2, -0.15) is 15.8 Å². The van der Waals surface area contributed by atoms with E-state index >= 15 is 0 Å². The summed E-state index contributed by atoms with van der Waals surface area (Å²) in [5, 5.41) is 29.6. The van der Waals surface area contributed by atoms with Gasteiger partial charge >= 0.3 is 0 Å². The van der Waals surface area contributed by atoms with Crippen molar-refractivity contribution in [2.75, 3.05) is 17.2 Å². The standard InChI is InChI=1S/C33H34N4OS/c1-26(38)39-21-11-7-5-3-2-4-6-10-19-37-20-18-29(32-12-8-9-13-33(32)37)22-30(23-34)27-14-16-28(17-15-27)31(24-35)25-36/h8-9,12-18,20,22H,2-7,10-11,19,21H2,1H3/b29-22-. The highest BCUT2D eigenvalue weighted by Gasteiger charge is 2.16. The Labute approximate surface area is 236 Å². The van der Waals surface area contributed by atoms with Gasteiger partial charge in [-0.1, -0.05) is 92.8 Å². The third kappa shape index (κ3) is 9.03. The van der Waals surface area contributed by atoms with Crippen LogP contribution in [0.25, 0.3) is 16.7 Å². The van der Waals surface area contributed by atoms with Crippen molar-refractivity contribution in [2.24, 2.45) is 0 Å². The molecule has 0 fully saturated rings. The van der Waals surface area contributed by atoms with Crippen LogP contribution in [0.2, 0.25) is 0 Å². The van der Waals surface area contributed by atoms with E-state index in [1.165, 1.54) is 50.3 Å². The van der Waals surface area contributed by atoms with Gasteiger partial charge in [-0.15, -0.1) is 0 Å². The van der Waals surface area contributed by atoms with E-state index in [2.05, 4.69) is 35.4 Å². The average Bonchev–Trinajstić information content (AvgIpc) is 2.96. The first-order chi connectivity index (χ1) is 19.1. The van der Waals surface area contributed by atoms with Crippen LogP contribution in [0.3, 0.4) is 0 Å². The summed E-state index contributed by atoms with van der Waals surface area (Å²) in [5.41, 5.74) is 3.80. The molecule has 2 aromatic carbocycles. The largest absolute Gasteiger partial charge is 0.347 e. The molecule has 5 nitrogen and oxygen atoms in total. The maximum absolute atomic E-state index is 11.0. The number of anilines is 1. The predicted octanol–water partition coefficient (Wildman–Crippen LogP) is 6.38. The molecule has 0 atom stereocenters. The van der Waals surface area contributed by atoms with Crippen molar-refractivity contribution in [3.63, 3.8) is 0 Å². The van der Waals surface area contributed by atoms with Gasteiger partial charge < -0.3 is 4.90 Å². The number of benzene rings is 2. The summed E-state index contributed by atoms with van der Waals surface area (Å²) in [7, 11) is 0. The van der Waals surface area contributed by atoms with Crippen molar-refractivity contribution in [2.45, 2.75) is 58.3 Å². The number of carbonyl (C=O) groups is 1. The van der Waals surface area contributed by atoms with E-state index in [0.717, 1.165) is 47.2 Å². The fourth-order valence-corrected chi connectivity index (χ4v) is 5.23. The smallest absolute Gasteiger partial charge is 0.185 e. The number of hydrogen-bond acceptors (Lipinski definition) is 6. The van der Waals surface area contributed by atoms with Gasteiger partial charge in [-0.05, 0) is 41.9 Å². The third-order valence-corrected chi connectivity index (χ3v) is 7.59. The Hall–Kier alpha value is -4.05. The Morgan fingerprint density at radius 1 is 0.821 bits per heavy atom. The molecule has 1 aliphatic heterocycles. The highest BCUT2D eigenvalue weighted by Crippen LogP contribution is 2.33. The number of thioether (sulfide) groups is 1. The minimum absolute atomic E-state index is 0.0550. The summed E-state index contributed by atoms with van der Waals surface area (Å²) in [6.45, 7) is 2.59. The fourth-order valence-electron chi connectivity index (χ4n) is 4.60. The lowest BCUT2D eigenvalue weighted by Gasteiger charge is -2.27. The first kappa shape index (κ1) is 29.5. The molecule has 0 radical (unpaired) electrons. The Balaban J connectivity index is 1.59. The molecule has 0 saturated heterocycles. The molecule has 0 aliphatic carbocycles. The van der Waals surface area contributed by atoms with Gasteiger partial charge in [0.2, 0.25) is 0 Å². The van der Waals surface area contributed by atoms with Crippen LogP contribution in [0.1, 0.15) is 63.9 Å². The Bertz CT molecular complexity index is 1430. The molecule has 2 aromatic rings. The van der Waals surface area contributed by atoms with E-state index in [-0.39, 0.29) is 10.7 Å². The van der Waals surface area contributed by atoms with Gasteiger partial charge in [0.25, 0.3) is 0 Å². The molecule has 0 bridgehead atoms. The lowest BCUT2D eigenvalue weighted by atomic mass is 9.97. The summed E-state index contributed by atoms with van der Waals surface area (Å²) in [6.07, 6.45) is 15.8. The van der Waals surface area contributed by atoms with Crippen molar-refractivity contribution in [1.29, 1.82) is 15.8 Å². The number of allylic oxidation sites excluding steroid dienone is 3. The normalized spacial score (nSPS) is 12.8. The lowest BCUT2D eigenvalue weighted by molar-refractivity contribution is -0.109. The molecular formula is C33H34N4OS. The number of carbonyl (C=O) groups excluding carboxylic acids is 1. The maximum Gasteiger partial charge on any atom is 0.185 e. The molecule has 1 heterocycles. The molecule has 0 spiro atoms. The second-order valence-electron chi connectivity index (χ2n) is 9.50.